The highest BCUT2D eigenvalue weighted by Crippen LogP contribution is 2.15. The molecule has 0 bridgehead atoms. The molecule has 0 saturated carbocycles. The average molecular weight is 272 g/mol. The lowest BCUT2D eigenvalue weighted by Gasteiger charge is -2.23. The number of carbonyl (C=O) groups is 1. The number of halogens is 2. The van der Waals surface area contributed by atoms with Gasteiger partial charge in [0.25, 0.3) is 0 Å². The molecule has 1 heterocycles. The minimum absolute atomic E-state index is 0.0711. The van der Waals surface area contributed by atoms with E-state index in [4.69, 9.17) is 9.47 Å². The molecule has 7 heteroatoms. The molecule has 2 N–H and O–H groups in total. The van der Waals surface area contributed by atoms with Gasteiger partial charge in [-0.25, -0.2) is 13.6 Å². The van der Waals surface area contributed by atoms with Gasteiger partial charge in [-0.15, -0.1) is 0 Å². The maximum absolute atomic E-state index is 13.3. The van der Waals surface area contributed by atoms with E-state index < -0.39 is 17.7 Å². The van der Waals surface area contributed by atoms with Gasteiger partial charge in [0.05, 0.1) is 12.3 Å². The minimum Gasteiger partial charge on any atom is -0.446 e. The molecule has 2 rings (SSSR count). The van der Waals surface area contributed by atoms with Crippen LogP contribution in [0.15, 0.2) is 18.2 Å². The topological polar surface area (TPSA) is 59.6 Å². The molecule has 5 nitrogen and oxygen atoms in total. The molecule has 1 amide bonds. The zero-order chi connectivity index (χ0) is 13.7. The van der Waals surface area contributed by atoms with Crippen molar-refractivity contribution in [1.29, 1.82) is 0 Å². The second kappa shape index (κ2) is 6.44. The van der Waals surface area contributed by atoms with Crippen LogP contribution in [-0.2, 0) is 9.47 Å². The lowest BCUT2D eigenvalue weighted by Crippen LogP contribution is -2.41. The van der Waals surface area contributed by atoms with Gasteiger partial charge in [-0.3, -0.25) is 5.32 Å². The maximum Gasteiger partial charge on any atom is 0.411 e. The van der Waals surface area contributed by atoms with Gasteiger partial charge in [0, 0.05) is 19.2 Å². The lowest BCUT2D eigenvalue weighted by molar-refractivity contribution is -0.00985. The highest BCUT2D eigenvalue weighted by molar-refractivity contribution is 5.84. The molecule has 1 aliphatic rings. The fourth-order valence-corrected chi connectivity index (χ4v) is 1.63. The Morgan fingerprint density at radius 2 is 2.37 bits per heavy atom. The highest BCUT2D eigenvalue weighted by atomic mass is 19.1. The van der Waals surface area contributed by atoms with Crippen molar-refractivity contribution < 1.29 is 23.0 Å². The second-order valence-corrected chi connectivity index (χ2v) is 4.04. The molecule has 1 unspecified atom stereocenters. The van der Waals surface area contributed by atoms with E-state index in [1.165, 1.54) is 0 Å². The van der Waals surface area contributed by atoms with Gasteiger partial charge in [0.2, 0.25) is 0 Å². The number of anilines is 1. The Hall–Kier alpha value is -1.73. The molecule has 1 saturated heterocycles. The summed E-state index contributed by atoms with van der Waals surface area (Å²) in [6.07, 6.45) is -1.02. The van der Waals surface area contributed by atoms with Crippen molar-refractivity contribution in [3.63, 3.8) is 0 Å². The fourth-order valence-electron chi connectivity index (χ4n) is 1.63. The monoisotopic (exact) mass is 272 g/mol. The molecule has 1 atom stereocenters. The summed E-state index contributed by atoms with van der Waals surface area (Å²) < 4.78 is 36.2. The zero-order valence-corrected chi connectivity index (χ0v) is 10.1. The Morgan fingerprint density at radius 3 is 3.05 bits per heavy atom. The summed E-state index contributed by atoms with van der Waals surface area (Å²) in [5.74, 6) is -1.56. The van der Waals surface area contributed by atoms with Gasteiger partial charge in [0.1, 0.15) is 24.3 Å². The van der Waals surface area contributed by atoms with E-state index in [0.29, 0.717) is 19.2 Å². The van der Waals surface area contributed by atoms with Crippen LogP contribution in [0, 0.1) is 11.6 Å². The number of carbonyl (C=O) groups excluding carboxylic acids is 1. The van der Waals surface area contributed by atoms with Crippen LogP contribution >= 0.6 is 0 Å². The van der Waals surface area contributed by atoms with E-state index in [0.717, 1.165) is 18.7 Å². The zero-order valence-electron chi connectivity index (χ0n) is 10.1. The van der Waals surface area contributed by atoms with Crippen LogP contribution < -0.4 is 10.6 Å². The molecular weight excluding hydrogens is 258 g/mol. The van der Waals surface area contributed by atoms with Crippen LogP contribution in [0.25, 0.3) is 0 Å². The first-order valence-electron chi connectivity index (χ1n) is 5.86. The smallest absolute Gasteiger partial charge is 0.411 e. The highest BCUT2D eigenvalue weighted by Gasteiger charge is 2.16. The van der Waals surface area contributed by atoms with Crippen molar-refractivity contribution in [1.82, 2.24) is 5.32 Å². The Labute approximate surface area is 108 Å². The number of hydrogen-bond donors (Lipinski definition) is 2. The Bertz CT molecular complexity index is 451. The number of ether oxygens (including phenoxy) is 2. The van der Waals surface area contributed by atoms with E-state index >= 15 is 0 Å². The number of rotatable bonds is 3. The molecule has 19 heavy (non-hydrogen) atoms. The van der Waals surface area contributed by atoms with E-state index in [1.54, 1.807) is 0 Å². The summed E-state index contributed by atoms with van der Waals surface area (Å²) in [6.45, 7) is 1.99. The van der Waals surface area contributed by atoms with Crippen molar-refractivity contribution in [2.24, 2.45) is 0 Å². The Kier molecular flexibility index (Phi) is 4.64. The minimum atomic E-state index is -0.854. The Morgan fingerprint density at radius 1 is 1.53 bits per heavy atom. The molecule has 0 aromatic heterocycles. The van der Waals surface area contributed by atoms with E-state index in [1.807, 2.05) is 0 Å². The van der Waals surface area contributed by atoms with Crippen LogP contribution in [0.1, 0.15) is 0 Å². The third-order valence-corrected chi connectivity index (χ3v) is 2.57. The molecule has 0 spiro atoms. The van der Waals surface area contributed by atoms with Gasteiger partial charge < -0.3 is 14.8 Å². The van der Waals surface area contributed by atoms with Gasteiger partial charge in [-0.05, 0) is 12.1 Å². The summed E-state index contributed by atoms with van der Waals surface area (Å²) in [7, 11) is 0. The van der Waals surface area contributed by atoms with Crippen LogP contribution in [0.4, 0.5) is 19.3 Å². The molecule has 1 fully saturated rings. The van der Waals surface area contributed by atoms with Crippen LogP contribution in [-0.4, -0.2) is 38.5 Å². The molecule has 1 aromatic rings. The van der Waals surface area contributed by atoms with Crippen molar-refractivity contribution in [2.45, 2.75) is 6.10 Å². The van der Waals surface area contributed by atoms with Crippen molar-refractivity contribution >= 4 is 11.8 Å². The number of benzene rings is 1. The number of amides is 1. The molecule has 104 valence electrons. The van der Waals surface area contributed by atoms with Crippen molar-refractivity contribution in [3.05, 3.63) is 29.8 Å². The number of hydrogen-bond acceptors (Lipinski definition) is 4. The first kappa shape index (κ1) is 13.7. The summed E-state index contributed by atoms with van der Waals surface area (Å²) >= 11 is 0. The van der Waals surface area contributed by atoms with Gasteiger partial charge in [0.15, 0.2) is 0 Å². The fraction of sp³-hybridized carbons (Fsp3) is 0.417. The first-order valence-corrected chi connectivity index (χ1v) is 5.86. The van der Waals surface area contributed by atoms with E-state index in [2.05, 4.69) is 10.6 Å². The molecule has 1 aromatic carbocycles. The molecule has 1 aliphatic heterocycles. The SMILES string of the molecule is O=C(Nc1ccc(F)cc1F)OCC1CNCCO1. The van der Waals surface area contributed by atoms with Gasteiger partial charge in [-0.1, -0.05) is 0 Å². The van der Waals surface area contributed by atoms with E-state index in [9.17, 15) is 13.6 Å². The normalized spacial score (nSPS) is 18.9. The van der Waals surface area contributed by atoms with E-state index in [-0.39, 0.29) is 18.4 Å². The van der Waals surface area contributed by atoms with Gasteiger partial charge >= 0.3 is 6.09 Å². The van der Waals surface area contributed by atoms with Crippen LogP contribution in [0.2, 0.25) is 0 Å². The predicted octanol–water partition coefficient (Wildman–Crippen LogP) is 1.50. The summed E-state index contributed by atoms with van der Waals surface area (Å²) in [6, 6.07) is 2.86. The van der Waals surface area contributed by atoms with Crippen LogP contribution in [0.3, 0.4) is 0 Å². The van der Waals surface area contributed by atoms with Gasteiger partial charge in [-0.2, -0.15) is 0 Å². The molecule has 0 aliphatic carbocycles. The average Bonchev–Trinajstić information content (AvgIpc) is 2.41. The molecular formula is C12H14F2N2O3. The molecule has 0 radical (unpaired) electrons. The summed E-state index contributed by atoms with van der Waals surface area (Å²) in [5.41, 5.74) is -0.130. The van der Waals surface area contributed by atoms with Crippen molar-refractivity contribution in [3.8, 4) is 0 Å². The largest absolute Gasteiger partial charge is 0.446 e. The maximum atomic E-state index is 13.3. The number of morpholine rings is 1. The third-order valence-electron chi connectivity index (χ3n) is 2.57. The third kappa shape index (κ3) is 4.15. The Balaban J connectivity index is 1.80. The second-order valence-electron chi connectivity index (χ2n) is 4.04. The standard InChI is InChI=1S/C12H14F2N2O3/c13-8-1-2-11(10(14)5-8)16-12(17)19-7-9-6-15-3-4-18-9/h1-2,5,9,15H,3-4,6-7H2,(H,16,17). The van der Waals surface area contributed by atoms with Crippen LogP contribution in [0.5, 0.6) is 0 Å². The summed E-state index contributed by atoms with van der Waals surface area (Å²) in [4.78, 5) is 11.4. The lowest BCUT2D eigenvalue weighted by atomic mass is 10.3. The predicted molar refractivity (Wildman–Crippen MR) is 63.9 cm³/mol. The first-order chi connectivity index (χ1) is 9.15. The summed E-state index contributed by atoms with van der Waals surface area (Å²) in [5, 5.41) is 5.28. The number of nitrogens with one attached hydrogen (secondary N) is 2. The quantitative estimate of drug-likeness (QED) is 0.875. The van der Waals surface area contributed by atoms with Crippen molar-refractivity contribution in [2.75, 3.05) is 31.6 Å².